The first kappa shape index (κ1) is 28.1. The van der Waals surface area contributed by atoms with Gasteiger partial charge in [0.15, 0.2) is 17.4 Å². The standard InChI is InChI=1S/C28H30F3N7O4/c1-16-22-24(35-23(33-16)17-6-4-7-18(12-17)28(29,30)31)38(19-8-5-11-37(22)13-19)26(39)36-25-32-10-9-21(34-25)40-14-20-15-41-27(2,3)42-20/h4,6-7,9-10,12,19-20H,5,8,11,13-15H2,1-3H3,(H,32,34,36,39). The number of nitrogens with one attached hydrogen (secondary N) is 1. The molecule has 42 heavy (non-hydrogen) atoms. The van der Waals surface area contributed by atoms with Gasteiger partial charge in [-0.25, -0.2) is 19.7 Å². The largest absolute Gasteiger partial charge is 0.475 e. The lowest BCUT2D eigenvalue weighted by Crippen LogP contribution is -2.56. The fourth-order valence-electron chi connectivity index (χ4n) is 5.52. The molecular weight excluding hydrogens is 555 g/mol. The average Bonchev–Trinajstić information content (AvgIpc) is 3.30. The molecule has 2 saturated heterocycles. The van der Waals surface area contributed by atoms with Crippen LogP contribution in [-0.2, 0) is 15.7 Å². The molecule has 2 fully saturated rings. The monoisotopic (exact) mass is 585 g/mol. The summed E-state index contributed by atoms with van der Waals surface area (Å²) in [5.41, 5.74) is 0.647. The molecule has 14 heteroatoms. The predicted molar refractivity (Wildman–Crippen MR) is 146 cm³/mol. The van der Waals surface area contributed by atoms with Crippen LogP contribution in [0.1, 0.15) is 37.9 Å². The van der Waals surface area contributed by atoms with Crippen molar-refractivity contribution in [3.05, 3.63) is 47.8 Å². The van der Waals surface area contributed by atoms with E-state index in [9.17, 15) is 18.0 Å². The summed E-state index contributed by atoms with van der Waals surface area (Å²) in [4.78, 5) is 35.1. The fraction of sp³-hybridized carbons (Fsp3) is 0.464. The van der Waals surface area contributed by atoms with Gasteiger partial charge in [0, 0.05) is 30.9 Å². The van der Waals surface area contributed by atoms with Crippen LogP contribution < -0.4 is 19.9 Å². The lowest BCUT2D eigenvalue weighted by molar-refractivity contribution is -0.141. The molecule has 222 valence electrons. The third-order valence-corrected chi connectivity index (χ3v) is 7.35. The zero-order valence-corrected chi connectivity index (χ0v) is 23.3. The summed E-state index contributed by atoms with van der Waals surface area (Å²) in [6.45, 7) is 7.36. The van der Waals surface area contributed by atoms with Crippen molar-refractivity contribution in [3.63, 3.8) is 0 Å². The van der Waals surface area contributed by atoms with Gasteiger partial charge in [-0.05, 0) is 45.7 Å². The zero-order chi connectivity index (χ0) is 29.6. The molecule has 2 atom stereocenters. The summed E-state index contributed by atoms with van der Waals surface area (Å²) in [6.07, 6.45) is -1.72. The predicted octanol–water partition coefficient (Wildman–Crippen LogP) is 4.81. The Bertz CT molecular complexity index is 1500. The van der Waals surface area contributed by atoms with Crippen molar-refractivity contribution < 1.29 is 32.2 Å². The number of urea groups is 1. The number of nitrogens with zero attached hydrogens (tertiary/aromatic N) is 6. The van der Waals surface area contributed by atoms with E-state index in [0.717, 1.165) is 31.5 Å². The van der Waals surface area contributed by atoms with Crippen LogP contribution >= 0.6 is 0 Å². The molecule has 0 saturated carbocycles. The first-order valence-electron chi connectivity index (χ1n) is 13.7. The highest BCUT2D eigenvalue weighted by Crippen LogP contribution is 2.41. The molecule has 5 heterocycles. The van der Waals surface area contributed by atoms with E-state index in [4.69, 9.17) is 14.2 Å². The van der Waals surface area contributed by atoms with E-state index >= 15 is 0 Å². The molecule has 2 aromatic heterocycles. The third kappa shape index (κ3) is 5.68. The van der Waals surface area contributed by atoms with Crippen molar-refractivity contribution in [1.29, 1.82) is 0 Å². The summed E-state index contributed by atoms with van der Waals surface area (Å²) < 4.78 is 57.3. The highest BCUT2D eigenvalue weighted by molar-refractivity contribution is 6.04. The molecule has 1 aromatic carbocycles. The van der Waals surface area contributed by atoms with Crippen LogP contribution in [0, 0.1) is 6.92 Å². The van der Waals surface area contributed by atoms with E-state index in [1.165, 1.54) is 18.3 Å². The minimum atomic E-state index is -4.51. The Morgan fingerprint density at radius 3 is 2.81 bits per heavy atom. The second-order valence-corrected chi connectivity index (χ2v) is 10.9. The molecule has 0 radical (unpaired) electrons. The summed E-state index contributed by atoms with van der Waals surface area (Å²) in [5.74, 6) is 0.0360. The van der Waals surface area contributed by atoms with E-state index in [0.29, 0.717) is 30.4 Å². The maximum atomic E-state index is 13.8. The Balaban J connectivity index is 1.27. The van der Waals surface area contributed by atoms with Crippen LogP contribution in [0.15, 0.2) is 36.5 Å². The van der Waals surface area contributed by atoms with Crippen LogP contribution in [0.25, 0.3) is 11.4 Å². The number of rotatable bonds is 5. The number of aromatic nitrogens is 4. The van der Waals surface area contributed by atoms with E-state index in [-0.39, 0.29) is 42.0 Å². The first-order valence-corrected chi connectivity index (χ1v) is 13.7. The number of ether oxygens (including phenoxy) is 3. The highest BCUT2D eigenvalue weighted by Gasteiger charge is 2.40. The molecule has 6 rings (SSSR count). The van der Waals surface area contributed by atoms with Crippen molar-refractivity contribution in [2.75, 3.05) is 41.4 Å². The van der Waals surface area contributed by atoms with Gasteiger partial charge in [-0.15, -0.1) is 0 Å². The van der Waals surface area contributed by atoms with Crippen molar-refractivity contribution in [2.45, 2.75) is 57.7 Å². The van der Waals surface area contributed by atoms with Crippen LogP contribution in [0.2, 0.25) is 0 Å². The van der Waals surface area contributed by atoms with E-state index in [1.807, 2.05) is 13.8 Å². The Hall–Kier alpha value is -4.04. The zero-order valence-electron chi connectivity index (χ0n) is 23.3. The summed E-state index contributed by atoms with van der Waals surface area (Å²) in [7, 11) is 0. The van der Waals surface area contributed by atoms with Crippen LogP contribution in [0.3, 0.4) is 0 Å². The number of hydrogen-bond donors (Lipinski definition) is 1. The molecule has 0 spiro atoms. The van der Waals surface area contributed by atoms with Gasteiger partial charge in [0.1, 0.15) is 18.4 Å². The number of piperidine rings is 1. The number of carbonyl (C=O) groups is 1. The number of benzene rings is 1. The molecule has 3 aliphatic heterocycles. The summed E-state index contributed by atoms with van der Waals surface area (Å²) >= 11 is 0. The van der Waals surface area contributed by atoms with Gasteiger partial charge < -0.3 is 19.1 Å². The number of hydrogen-bond acceptors (Lipinski definition) is 9. The van der Waals surface area contributed by atoms with Crippen LogP contribution in [0.5, 0.6) is 5.88 Å². The molecule has 3 aliphatic rings. The van der Waals surface area contributed by atoms with Gasteiger partial charge in [-0.3, -0.25) is 10.2 Å². The Labute approximate surface area is 240 Å². The lowest BCUT2D eigenvalue weighted by Gasteiger charge is -2.46. The van der Waals surface area contributed by atoms with Gasteiger partial charge in [-0.2, -0.15) is 18.2 Å². The molecule has 2 amide bonds. The minimum Gasteiger partial charge on any atom is -0.475 e. The second-order valence-electron chi connectivity index (χ2n) is 10.9. The molecular formula is C28H30F3N7O4. The van der Waals surface area contributed by atoms with Crippen LogP contribution in [-0.4, -0.2) is 70.2 Å². The number of amides is 2. The van der Waals surface area contributed by atoms with Crippen molar-refractivity contribution >= 4 is 23.5 Å². The SMILES string of the molecule is Cc1nc(-c2cccc(C(F)(F)F)c2)nc2c1N1CCCC(C1)N2C(=O)Nc1nccc(OCC2COC(C)(C)O2)n1. The molecule has 0 aliphatic carbocycles. The van der Waals surface area contributed by atoms with Gasteiger partial charge in [0.2, 0.25) is 11.8 Å². The normalized spacial score (nSPS) is 21.2. The highest BCUT2D eigenvalue weighted by atomic mass is 19.4. The number of anilines is 3. The fourth-order valence-corrected chi connectivity index (χ4v) is 5.52. The van der Waals surface area contributed by atoms with E-state index in [1.54, 1.807) is 17.9 Å². The maximum absolute atomic E-state index is 13.8. The molecule has 11 nitrogen and oxygen atoms in total. The van der Waals surface area contributed by atoms with Gasteiger partial charge in [0.05, 0.1) is 23.9 Å². The molecule has 2 bridgehead atoms. The smallest absolute Gasteiger partial charge is 0.416 e. The van der Waals surface area contributed by atoms with Crippen LogP contribution in [0.4, 0.5) is 35.4 Å². The topological polar surface area (TPSA) is 115 Å². The van der Waals surface area contributed by atoms with Crippen molar-refractivity contribution in [3.8, 4) is 17.3 Å². The lowest BCUT2D eigenvalue weighted by atomic mass is 9.99. The Morgan fingerprint density at radius 1 is 1.21 bits per heavy atom. The number of alkyl halides is 3. The number of aryl methyl sites for hydroxylation is 1. The summed E-state index contributed by atoms with van der Waals surface area (Å²) in [6, 6.07) is 5.70. The average molecular weight is 586 g/mol. The quantitative estimate of drug-likeness (QED) is 0.450. The van der Waals surface area contributed by atoms with Gasteiger partial charge in [0.25, 0.3) is 0 Å². The third-order valence-electron chi connectivity index (χ3n) is 7.35. The number of carbonyl (C=O) groups excluding carboxylic acids is 1. The minimum absolute atomic E-state index is 0.0325. The van der Waals surface area contributed by atoms with E-state index < -0.39 is 23.6 Å². The van der Waals surface area contributed by atoms with Crippen molar-refractivity contribution in [2.24, 2.45) is 0 Å². The first-order chi connectivity index (χ1) is 20.0. The maximum Gasteiger partial charge on any atom is 0.416 e. The summed E-state index contributed by atoms with van der Waals surface area (Å²) in [5, 5.41) is 2.75. The van der Waals surface area contributed by atoms with E-state index in [2.05, 4.69) is 30.2 Å². The second kappa shape index (κ2) is 10.7. The molecule has 2 unspecified atom stereocenters. The Kier molecular flexibility index (Phi) is 7.13. The molecule has 3 aromatic rings. The molecule has 1 N–H and O–H groups in total. The number of fused-ring (bicyclic) bond motifs is 4. The number of halogens is 3. The van der Waals surface area contributed by atoms with Gasteiger partial charge in [-0.1, -0.05) is 12.1 Å². The Morgan fingerprint density at radius 2 is 2.05 bits per heavy atom. The van der Waals surface area contributed by atoms with Gasteiger partial charge >= 0.3 is 12.2 Å². The van der Waals surface area contributed by atoms with Crippen molar-refractivity contribution in [1.82, 2.24) is 19.9 Å².